The van der Waals surface area contributed by atoms with Crippen LogP contribution in [0.25, 0.3) is 0 Å². The maximum atomic E-state index is 3.91. The predicted molar refractivity (Wildman–Crippen MR) is 50.1 cm³/mol. The fourth-order valence-corrected chi connectivity index (χ4v) is 0. The summed E-state index contributed by atoms with van der Waals surface area (Å²) < 4.78 is 0. The first-order valence-corrected chi connectivity index (χ1v) is 6.72. The third kappa shape index (κ3) is 453. The van der Waals surface area contributed by atoms with Gasteiger partial charge in [-0.15, -0.1) is 8.07 Å². The minimum absolute atomic E-state index is 0. The molecule has 0 aliphatic carbocycles. The molecule has 0 amide bonds. The van der Waals surface area contributed by atoms with Gasteiger partial charge in [-0.25, -0.2) is 0 Å². The Morgan fingerprint density at radius 1 is 1.11 bits per heavy atom. The van der Waals surface area contributed by atoms with E-state index in [-0.39, 0.29) is 23.1 Å². The molecule has 2 heteroatoms. The Morgan fingerprint density at radius 3 is 1.11 bits per heavy atom. The summed E-state index contributed by atoms with van der Waals surface area (Å²) >= 11 is 0. The van der Waals surface area contributed by atoms with Crippen LogP contribution in [0.2, 0.25) is 19.6 Å². The topological polar surface area (TPSA) is 0 Å². The van der Waals surface area contributed by atoms with E-state index in [1.807, 2.05) is 20.3 Å². The zero-order chi connectivity index (χ0) is 7.21. The van der Waals surface area contributed by atoms with Gasteiger partial charge < -0.3 is 13.0 Å². The van der Waals surface area contributed by atoms with E-state index in [9.17, 15) is 0 Å². The number of rotatable bonds is 0. The van der Waals surface area contributed by atoms with E-state index in [4.69, 9.17) is 0 Å². The van der Waals surface area contributed by atoms with Crippen LogP contribution in [-0.4, -0.2) is 31.1 Å². The van der Waals surface area contributed by atoms with Gasteiger partial charge in [-0.1, -0.05) is 19.6 Å². The summed E-state index contributed by atoms with van der Waals surface area (Å²) in [6.45, 7) is 14.6. The Balaban J connectivity index is -0.0000000800. The van der Waals surface area contributed by atoms with Crippen molar-refractivity contribution in [3.63, 3.8) is 0 Å². The maximum Gasteiger partial charge on any atom is 2.00 e. The molecule has 0 aromatic heterocycles. The molecule has 0 saturated carbocycles. The molecule has 0 fully saturated rings. The van der Waals surface area contributed by atoms with Crippen LogP contribution in [-0.2, 0) is 0 Å². The van der Waals surface area contributed by atoms with Crippen molar-refractivity contribution in [3.8, 4) is 0 Å². The largest absolute Gasteiger partial charge is 2.00 e. The normalized spacial score (nSPS) is 8.67. The van der Waals surface area contributed by atoms with Gasteiger partial charge in [-0.2, -0.15) is 13.8 Å². The van der Waals surface area contributed by atoms with Crippen molar-refractivity contribution in [2.75, 3.05) is 0 Å². The first-order valence-electron chi connectivity index (χ1n) is 3.01. The fourth-order valence-electron chi connectivity index (χ4n) is 0. The van der Waals surface area contributed by atoms with Gasteiger partial charge in [-0.05, 0) is 0 Å². The molecule has 0 radical (unpaired) electrons. The van der Waals surface area contributed by atoms with E-state index in [0.717, 1.165) is 0 Å². The quantitative estimate of drug-likeness (QED) is 0.372. The van der Waals surface area contributed by atoms with Gasteiger partial charge in [0.2, 0.25) is 0 Å². The van der Waals surface area contributed by atoms with Crippen LogP contribution in [0, 0.1) is 13.0 Å². The molecule has 0 aliphatic rings. The predicted octanol–water partition coefficient (Wildman–Crippen LogP) is 2.55. The van der Waals surface area contributed by atoms with E-state index in [1.54, 1.807) is 0 Å². The molecular formula is C7H18MgSi. The van der Waals surface area contributed by atoms with Crippen molar-refractivity contribution in [1.29, 1.82) is 0 Å². The molecule has 0 aliphatic heterocycles. The van der Waals surface area contributed by atoms with E-state index >= 15 is 0 Å². The number of hydrogen-bond donors (Lipinski definition) is 0. The Labute approximate surface area is 77.6 Å². The molecule has 0 saturated heterocycles. The van der Waals surface area contributed by atoms with E-state index < -0.39 is 8.07 Å². The summed E-state index contributed by atoms with van der Waals surface area (Å²) in [4.78, 5) is 0. The second-order valence-corrected chi connectivity index (χ2v) is 8.26. The van der Waals surface area contributed by atoms with Crippen LogP contribution >= 0.6 is 0 Å². The molecule has 0 N–H and O–H groups in total. The summed E-state index contributed by atoms with van der Waals surface area (Å²) in [6.07, 6.45) is 2.00. The zero-order valence-electron chi connectivity index (χ0n) is 7.49. The van der Waals surface area contributed by atoms with E-state index in [0.29, 0.717) is 0 Å². The van der Waals surface area contributed by atoms with Gasteiger partial charge in [0.25, 0.3) is 0 Å². The molecule has 0 aromatic rings. The van der Waals surface area contributed by atoms with Crippen LogP contribution in [0.5, 0.6) is 0 Å². The van der Waals surface area contributed by atoms with Gasteiger partial charge in [0, 0.05) is 0 Å². The summed E-state index contributed by atoms with van der Waals surface area (Å²) in [7, 11) is -0.861. The van der Waals surface area contributed by atoms with Crippen molar-refractivity contribution < 1.29 is 0 Å². The molecule has 0 nitrogen and oxygen atoms in total. The van der Waals surface area contributed by atoms with Gasteiger partial charge in [0.1, 0.15) is 0 Å². The SMILES string of the molecule is C[CH-]C.[CH2-][Si](C)(C)C.[Mg+2]. The second kappa shape index (κ2) is 8.98. The zero-order valence-corrected chi connectivity index (χ0v) is 9.91. The van der Waals surface area contributed by atoms with Crippen molar-refractivity contribution in [2.24, 2.45) is 0 Å². The van der Waals surface area contributed by atoms with Crippen LogP contribution in [0.1, 0.15) is 13.8 Å². The van der Waals surface area contributed by atoms with Crippen LogP contribution in [0.3, 0.4) is 0 Å². The van der Waals surface area contributed by atoms with Crippen molar-refractivity contribution in [3.05, 3.63) is 13.0 Å². The van der Waals surface area contributed by atoms with Crippen LogP contribution in [0.4, 0.5) is 0 Å². The smallest absolute Gasteiger partial charge is 0.342 e. The van der Waals surface area contributed by atoms with Crippen molar-refractivity contribution >= 4 is 31.1 Å². The third-order valence-corrected chi connectivity index (χ3v) is 0. The van der Waals surface area contributed by atoms with Crippen molar-refractivity contribution in [1.82, 2.24) is 0 Å². The average molecular weight is 155 g/mol. The summed E-state index contributed by atoms with van der Waals surface area (Å²) in [5.74, 6) is 0. The Hall–Kier alpha value is 0.983. The maximum absolute atomic E-state index is 3.91. The molecular weight excluding hydrogens is 136 g/mol. The van der Waals surface area contributed by atoms with Gasteiger partial charge in [-0.3, -0.25) is 0 Å². The van der Waals surface area contributed by atoms with Gasteiger partial charge >= 0.3 is 23.1 Å². The Bertz CT molecular complexity index is 32.7. The second-order valence-electron chi connectivity index (χ2n) is 3.14. The van der Waals surface area contributed by atoms with Crippen molar-refractivity contribution in [2.45, 2.75) is 33.5 Å². The molecule has 52 valence electrons. The van der Waals surface area contributed by atoms with Gasteiger partial charge in [0.15, 0.2) is 0 Å². The van der Waals surface area contributed by atoms with Gasteiger partial charge in [0.05, 0.1) is 0 Å². The summed E-state index contributed by atoms with van der Waals surface area (Å²) in [6, 6.07) is 0. The Kier molecular flexibility index (Phi) is 16.5. The Morgan fingerprint density at radius 2 is 1.11 bits per heavy atom. The minimum atomic E-state index is -0.861. The standard InChI is InChI=1S/C4H11Si.C3H7.Mg/c1-5(2,3)4;1-3-2;/h1H2,2-4H3;3H,1-2H3;/q2*-1;+2. The first-order chi connectivity index (χ1) is 3.41. The third-order valence-electron chi connectivity index (χ3n) is 0. The molecule has 0 aromatic carbocycles. The molecule has 0 bridgehead atoms. The molecule has 0 heterocycles. The molecule has 9 heavy (non-hydrogen) atoms. The van der Waals surface area contributed by atoms with Crippen LogP contribution in [0.15, 0.2) is 0 Å². The minimum Gasteiger partial charge on any atom is -0.342 e. The summed E-state index contributed by atoms with van der Waals surface area (Å²) in [5.41, 5.74) is 0. The van der Waals surface area contributed by atoms with E-state index in [2.05, 4.69) is 26.2 Å². The monoisotopic (exact) mass is 154 g/mol. The molecule has 0 unspecified atom stereocenters. The van der Waals surface area contributed by atoms with Crippen LogP contribution < -0.4 is 0 Å². The van der Waals surface area contributed by atoms with E-state index in [1.165, 1.54) is 0 Å². The summed E-state index contributed by atoms with van der Waals surface area (Å²) in [5, 5.41) is 0. The average Bonchev–Trinajstić information content (AvgIpc) is 1.27. The first kappa shape index (κ1) is 16.5. The molecule has 0 spiro atoms. The fraction of sp³-hybridized carbons (Fsp3) is 0.714. The number of hydrogen-bond acceptors (Lipinski definition) is 0. The molecule has 0 atom stereocenters. The molecule has 0 rings (SSSR count).